The molecule has 1 heterocycles. The number of amides is 1. The lowest BCUT2D eigenvalue weighted by atomic mass is 9.95. The van der Waals surface area contributed by atoms with Crippen LogP contribution in [0.25, 0.3) is 5.76 Å². The van der Waals surface area contributed by atoms with Gasteiger partial charge < -0.3 is 19.5 Å². The minimum Gasteiger partial charge on any atom is -0.507 e. The number of halogens is 1. The summed E-state index contributed by atoms with van der Waals surface area (Å²) in [4.78, 5) is 27.4. The van der Waals surface area contributed by atoms with Gasteiger partial charge in [-0.25, -0.2) is 0 Å². The molecule has 1 aliphatic heterocycles. The fourth-order valence-electron chi connectivity index (χ4n) is 3.69. The van der Waals surface area contributed by atoms with Gasteiger partial charge in [-0.1, -0.05) is 23.7 Å². The van der Waals surface area contributed by atoms with Crippen LogP contribution in [0.2, 0.25) is 5.02 Å². The predicted molar refractivity (Wildman–Crippen MR) is 124 cm³/mol. The van der Waals surface area contributed by atoms with Crippen molar-refractivity contribution in [3.63, 3.8) is 0 Å². The standard InChI is InChI=1S/C25H28ClNO5/c1-4-31-20-12-8-18(9-13-20)23(28)21-22(17-6-10-19(26)11-7-17)27(25(30)24(21)29)14-5-15-32-16(2)3/h6-13,16,22,28H,4-5,14-15H2,1-3H3. The Morgan fingerprint density at radius 2 is 1.75 bits per heavy atom. The van der Waals surface area contributed by atoms with Crippen LogP contribution in [0, 0.1) is 0 Å². The average molecular weight is 458 g/mol. The summed E-state index contributed by atoms with van der Waals surface area (Å²) in [6.45, 7) is 7.08. The van der Waals surface area contributed by atoms with Crippen LogP contribution in [-0.2, 0) is 14.3 Å². The first-order valence-corrected chi connectivity index (χ1v) is 11.1. The Bertz CT molecular complexity index is 982. The molecule has 0 bridgehead atoms. The number of ether oxygens (including phenoxy) is 2. The SMILES string of the molecule is CCOc1ccc(C(O)=C2C(=O)C(=O)N(CCCOC(C)C)C2c2ccc(Cl)cc2)cc1. The van der Waals surface area contributed by atoms with Crippen molar-refractivity contribution in [3.8, 4) is 5.75 Å². The number of carbonyl (C=O) groups excluding carboxylic acids is 2. The lowest BCUT2D eigenvalue weighted by Crippen LogP contribution is -2.31. The van der Waals surface area contributed by atoms with Crippen molar-refractivity contribution in [2.45, 2.75) is 39.3 Å². The molecule has 2 aromatic rings. The first-order valence-electron chi connectivity index (χ1n) is 10.7. The second-order valence-electron chi connectivity index (χ2n) is 7.77. The first kappa shape index (κ1) is 23.8. The summed E-state index contributed by atoms with van der Waals surface area (Å²) in [6.07, 6.45) is 0.649. The number of benzene rings is 2. The number of likely N-dealkylation sites (tertiary alicyclic amines) is 1. The van der Waals surface area contributed by atoms with E-state index in [1.807, 2.05) is 20.8 Å². The van der Waals surface area contributed by atoms with Crippen molar-refractivity contribution < 1.29 is 24.2 Å². The maximum atomic E-state index is 13.0. The van der Waals surface area contributed by atoms with Gasteiger partial charge in [-0.15, -0.1) is 0 Å². The molecule has 1 amide bonds. The highest BCUT2D eigenvalue weighted by Gasteiger charge is 2.45. The van der Waals surface area contributed by atoms with E-state index in [-0.39, 0.29) is 17.4 Å². The van der Waals surface area contributed by atoms with Gasteiger partial charge in [0.05, 0.1) is 24.3 Å². The molecule has 0 radical (unpaired) electrons. The largest absolute Gasteiger partial charge is 0.507 e. The number of aliphatic hydroxyl groups excluding tert-OH is 1. The van der Waals surface area contributed by atoms with Crippen molar-refractivity contribution in [1.29, 1.82) is 0 Å². The lowest BCUT2D eigenvalue weighted by Gasteiger charge is -2.25. The summed E-state index contributed by atoms with van der Waals surface area (Å²) in [5.74, 6) is -0.903. The van der Waals surface area contributed by atoms with E-state index in [0.717, 1.165) is 0 Å². The van der Waals surface area contributed by atoms with Crippen LogP contribution in [0.5, 0.6) is 5.75 Å². The zero-order valence-corrected chi connectivity index (χ0v) is 19.3. The van der Waals surface area contributed by atoms with Gasteiger partial charge in [0.1, 0.15) is 11.5 Å². The lowest BCUT2D eigenvalue weighted by molar-refractivity contribution is -0.140. The summed E-state index contributed by atoms with van der Waals surface area (Å²) in [5, 5.41) is 11.6. The van der Waals surface area contributed by atoms with Crippen LogP contribution < -0.4 is 4.74 Å². The number of carbonyl (C=O) groups is 2. The number of aliphatic hydroxyl groups is 1. The van der Waals surface area contributed by atoms with Gasteiger partial charge in [-0.05, 0) is 69.2 Å². The normalized spacial score (nSPS) is 17.9. The zero-order valence-electron chi connectivity index (χ0n) is 18.5. The molecule has 1 aliphatic rings. The maximum Gasteiger partial charge on any atom is 0.295 e. The van der Waals surface area contributed by atoms with E-state index in [0.29, 0.717) is 48.1 Å². The Kier molecular flexibility index (Phi) is 7.94. The highest BCUT2D eigenvalue weighted by atomic mass is 35.5. The molecule has 0 spiro atoms. The van der Waals surface area contributed by atoms with Crippen molar-refractivity contribution in [2.24, 2.45) is 0 Å². The van der Waals surface area contributed by atoms with Gasteiger partial charge in [0.15, 0.2) is 0 Å². The molecule has 0 aromatic heterocycles. The number of hydrogen-bond acceptors (Lipinski definition) is 5. The van der Waals surface area contributed by atoms with Crippen LogP contribution in [0.4, 0.5) is 0 Å². The molecule has 1 N–H and O–H groups in total. The third-order valence-electron chi connectivity index (χ3n) is 5.16. The molecule has 1 atom stereocenters. The van der Waals surface area contributed by atoms with Crippen molar-refractivity contribution in [3.05, 3.63) is 70.3 Å². The average Bonchev–Trinajstić information content (AvgIpc) is 3.02. The van der Waals surface area contributed by atoms with Gasteiger partial charge in [0.25, 0.3) is 11.7 Å². The highest BCUT2D eigenvalue weighted by Crippen LogP contribution is 2.39. The molecule has 0 saturated carbocycles. The fraction of sp³-hybridized carbons (Fsp3) is 0.360. The quantitative estimate of drug-likeness (QED) is 0.249. The van der Waals surface area contributed by atoms with Gasteiger partial charge in [-0.3, -0.25) is 9.59 Å². The Hall–Kier alpha value is -2.83. The van der Waals surface area contributed by atoms with E-state index >= 15 is 0 Å². The van der Waals surface area contributed by atoms with Crippen LogP contribution in [0.1, 0.15) is 44.4 Å². The Morgan fingerprint density at radius 1 is 1.09 bits per heavy atom. The molecule has 7 heteroatoms. The molecule has 1 fully saturated rings. The molecule has 0 aliphatic carbocycles. The third-order valence-corrected chi connectivity index (χ3v) is 5.41. The summed E-state index contributed by atoms with van der Waals surface area (Å²) in [6, 6.07) is 13.0. The molecule has 2 aromatic carbocycles. The first-order chi connectivity index (χ1) is 15.3. The number of Topliss-reactive ketones (excluding diaryl/α,β-unsaturated/α-hetero) is 1. The van der Waals surface area contributed by atoms with E-state index in [1.165, 1.54) is 4.90 Å². The van der Waals surface area contributed by atoms with Gasteiger partial charge in [0.2, 0.25) is 0 Å². The molecule has 32 heavy (non-hydrogen) atoms. The van der Waals surface area contributed by atoms with Gasteiger partial charge >= 0.3 is 0 Å². The van der Waals surface area contributed by atoms with E-state index in [1.54, 1.807) is 48.5 Å². The fourth-order valence-corrected chi connectivity index (χ4v) is 3.81. The molecular weight excluding hydrogens is 430 g/mol. The molecule has 1 unspecified atom stereocenters. The molecular formula is C25H28ClNO5. The summed E-state index contributed by atoms with van der Waals surface area (Å²) in [5.41, 5.74) is 1.20. The topological polar surface area (TPSA) is 76.1 Å². The highest BCUT2D eigenvalue weighted by molar-refractivity contribution is 6.46. The summed E-state index contributed by atoms with van der Waals surface area (Å²) in [7, 11) is 0. The van der Waals surface area contributed by atoms with Crippen molar-refractivity contribution >= 4 is 29.1 Å². The van der Waals surface area contributed by atoms with Crippen molar-refractivity contribution in [1.82, 2.24) is 4.90 Å². The Balaban J connectivity index is 1.99. The Labute approximate surface area is 193 Å². The van der Waals surface area contributed by atoms with Crippen LogP contribution in [0.3, 0.4) is 0 Å². The summed E-state index contributed by atoms with van der Waals surface area (Å²) < 4.78 is 11.0. The molecule has 1 saturated heterocycles. The smallest absolute Gasteiger partial charge is 0.295 e. The number of nitrogens with zero attached hydrogens (tertiary/aromatic N) is 1. The second-order valence-corrected chi connectivity index (χ2v) is 8.21. The summed E-state index contributed by atoms with van der Waals surface area (Å²) >= 11 is 6.04. The van der Waals surface area contributed by atoms with Crippen LogP contribution in [-0.4, -0.2) is 47.6 Å². The van der Waals surface area contributed by atoms with E-state index in [9.17, 15) is 14.7 Å². The zero-order chi connectivity index (χ0) is 23.3. The van der Waals surface area contributed by atoms with E-state index in [2.05, 4.69) is 0 Å². The number of rotatable bonds is 9. The van der Waals surface area contributed by atoms with Crippen LogP contribution in [0.15, 0.2) is 54.1 Å². The van der Waals surface area contributed by atoms with Gasteiger partial charge in [0, 0.05) is 23.7 Å². The number of ketones is 1. The molecule has 170 valence electrons. The minimum absolute atomic E-state index is 0.0614. The monoisotopic (exact) mass is 457 g/mol. The third kappa shape index (κ3) is 5.31. The molecule has 6 nitrogen and oxygen atoms in total. The Morgan fingerprint density at radius 3 is 2.34 bits per heavy atom. The van der Waals surface area contributed by atoms with Gasteiger partial charge in [-0.2, -0.15) is 0 Å². The van der Waals surface area contributed by atoms with Crippen LogP contribution >= 0.6 is 11.6 Å². The minimum atomic E-state index is -0.710. The maximum absolute atomic E-state index is 13.0. The second kappa shape index (κ2) is 10.7. The van der Waals surface area contributed by atoms with E-state index in [4.69, 9.17) is 21.1 Å². The molecule has 3 rings (SSSR count). The van der Waals surface area contributed by atoms with E-state index < -0.39 is 17.7 Å². The predicted octanol–water partition coefficient (Wildman–Crippen LogP) is 4.98. The number of hydrogen-bond donors (Lipinski definition) is 1. The van der Waals surface area contributed by atoms with Crippen molar-refractivity contribution in [2.75, 3.05) is 19.8 Å².